The van der Waals surface area contributed by atoms with Gasteiger partial charge in [-0.05, 0) is 81.3 Å². The number of aliphatic hydroxyl groups is 1. The molecule has 2 fully saturated rings. The van der Waals surface area contributed by atoms with Crippen LogP contribution < -0.4 is 10.6 Å². The third-order valence-corrected chi connectivity index (χ3v) is 8.22. The van der Waals surface area contributed by atoms with Crippen LogP contribution in [-0.4, -0.2) is 57.5 Å². The third kappa shape index (κ3) is 9.34. The van der Waals surface area contributed by atoms with Crippen LogP contribution in [0.15, 0.2) is 95.6 Å². The summed E-state index contributed by atoms with van der Waals surface area (Å²) in [6, 6.07) is 27.1. The molecule has 0 bridgehead atoms. The number of amides is 2. The molecule has 0 radical (unpaired) electrons. The van der Waals surface area contributed by atoms with Crippen LogP contribution in [0.2, 0.25) is 0 Å². The van der Waals surface area contributed by atoms with Crippen LogP contribution in [0.1, 0.15) is 85.9 Å². The van der Waals surface area contributed by atoms with E-state index in [-0.39, 0.29) is 40.3 Å². The molecule has 0 saturated carbocycles. The van der Waals surface area contributed by atoms with Crippen molar-refractivity contribution in [1.29, 1.82) is 0 Å². The quantitative estimate of drug-likeness (QED) is 0.225. The van der Waals surface area contributed by atoms with Gasteiger partial charge in [0.2, 0.25) is 5.89 Å². The van der Waals surface area contributed by atoms with E-state index in [4.69, 9.17) is 9.52 Å². The molecule has 45 heavy (non-hydrogen) atoms. The second kappa shape index (κ2) is 16.7. The van der Waals surface area contributed by atoms with Gasteiger partial charge >= 0.3 is 0 Å². The molecular weight excluding hydrogens is 568 g/mol. The van der Waals surface area contributed by atoms with E-state index < -0.39 is 0 Å². The van der Waals surface area contributed by atoms with Crippen molar-refractivity contribution in [3.8, 4) is 0 Å². The lowest BCUT2D eigenvalue weighted by Crippen LogP contribution is -2.41. The standard InChI is InChI=1S/C29H34N4O3.C7H8O.H2O.3H2/c1-20-19-36-28(31-20)26-13-7-15-33(26)29(35)23-11-5-10-22(17-23)27(34)32-25(18-24-12-6-14-30-24)16-21-8-3-2-4-9-21;8-6-7-4-2-1-3-5-7;;;;/h2-5,8-11,17,19,24-26,30H,6-7,12-16,18H2,1H3,(H,32,34);1-5,8H,6H2;1H2;3*1H/t24-,25+,26-;;;;;/m1...../s1. The fraction of sp³-hybridized carbons (Fsp3) is 0.361. The number of likely N-dealkylation sites (tertiary alicyclic amines) is 1. The average molecular weight is 619 g/mol. The van der Waals surface area contributed by atoms with E-state index in [1.165, 1.54) is 12.0 Å². The summed E-state index contributed by atoms with van der Waals surface area (Å²) in [6.07, 6.45) is 7.29. The monoisotopic (exact) mass is 618 g/mol. The lowest BCUT2D eigenvalue weighted by atomic mass is 9.98. The topological polar surface area (TPSA) is 139 Å². The molecule has 4 aromatic rings. The molecule has 2 aliphatic heterocycles. The van der Waals surface area contributed by atoms with Crippen molar-refractivity contribution in [3.05, 3.63) is 125 Å². The first-order valence-electron chi connectivity index (χ1n) is 15.6. The van der Waals surface area contributed by atoms with Crippen molar-refractivity contribution < 1.29 is 28.9 Å². The first-order valence-corrected chi connectivity index (χ1v) is 15.6. The Bertz CT molecular complexity index is 1500. The fourth-order valence-corrected chi connectivity index (χ4v) is 6.00. The summed E-state index contributed by atoms with van der Waals surface area (Å²) in [5.41, 5.74) is 3.98. The lowest BCUT2D eigenvalue weighted by molar-refractivity contribution is 0.0715. The van der Waals surface area contributed by atoms with Crippen LogP contribution in [0.25, 0.3) is 0 Å². The highest BCUT2D eigenvalue weighted by Crippen LogP contribution is 2.32. The molecule has 9 nitrogen and oxygen atoms in total. The van der Waals surface area contributed by atoms with Crippen LogP contribution >= 0.6 is 0 Å². The van der Waals surface area contributed by atoms with Gasteiger partial charge in [-0.25, -0.2) is 4.98 Å². The molecule has 0 spiro atoms. The Labute approximate surface area is 269 Å². The van der Waals surface area contributed by atoms with E-state index in [9.17, 15) is 9.59 Å². The third-order valence-electron chi connectivity index (χ3n) is 8.22. The molecule has 2 saturated heterocycles. The van der Waals surface area contributed by atoms with Gasteiger partial charge in [0.1, 0.15) is 12.3 Å². The number of nitrogens with zero attached hydrogens (tertiary/aromatic N) is 2. The molecule has 0 aliphatic carbocycles. The SMILES string of the molecule is Cc1coc([C@H]2CCCN2C(=O)c2cccc(C(=O)N[C@@H](Cc3ccccc3)C[C@H]3CCCN3)c2)n1.O.OCc1ccccc1.[HH].[HH].[HH]. The Morgan fingerprint density at radius 3 is 2.33 bits per heavy atom. The minimum absolute atomic E-state index is 0. The van der Waals surface area contributed by atoms with Gasteiger partial charge < -0.3 is 30.5 Å². The van der Waals surface area contributed by atoms with Gasteiger partial charge in [0, 0.05) is 34.0 Å². The van der Waals surface area contributed by atoms with Gasteiger partial charge in [0.05, 0.1) is 12.3 Å². The summed E-state index contributed by atoms with van der Waals surface area (Å²) in [6.45, 7) is 3.70. The average Bonchev–Trinajstić information content (AvgIpc) is 3.85. The number of carbonyl (C=O) groups is 2. The largest absolute Gasteiger partial charge is 0.446 e. The van der Waals surface area contributed by atoms with E-state index in [0.717, 1.165) is 49.9 Å². The summed E-state index contributed by atoms with van der Waals surface area (Å²) in [4.78, 5) is 33.0. The van der Waals surface area contributed by atoms with Crippen molar-refractivity contribution in [1.82, 2.24) is 20.5 Å². The predicted octanol–water partition coefficient (Wildman–Crippen LogP) is 5.54. The molecule has 2 amide bonds. The van der Waals surface area contributed by atoms with E-state index in [1.807, 2.05) is 60.4 Å². The van der Waals surface area contributed by atoms with Crippen LogP contribution in [0.4, 0.5) is 0 Å². The van der Waals surface area contributed by atoms with E-state index >= 15 is 0 Å². The molecule has 0 unspecified atom stereocenters. The molecule has 3 aromatic carbocycles. The summed E-state index contributed by atoms with van der Waals surface area (Å²) in [5.74, 6) is 0.334. The first-order chi connectivity index (χ1) is 21.5. The highest BCUT2D eigenvalue weighted by Gasteiger charge is 2.34. The Balaban J connectivity index is 0.000000848. The highest BCUT2D eigenvalue weighted by molar-refractivity contribution is 6.00. The number of aromatic nitrogens is 1. The van der Waals surface area contributed by atoms with Crippen molar-refractivity contribution in [2.75, 3.05) is 13.1 Å². The number of carbonyl (C=O) groups excluding carboxylic acids is 2. The van der Waals surface area contributed by atoms with Gasteiger partial charge in [-0.2, -0.15) is 0 Å². The zero-order chi connectivity index (χ0) is 30.7. The minimum Gasteiger partial charge on any atom is -0.446 e. The number of rotatable bonds is 9. The summed E-state index contributed by atoms with van der Waals surface area (Å²) in [7, 11) is 0. The van der Waals surface area contributed by atoms with Gasteiger partial charge in [0.15, 0.2) is 0 Å². The molecule has 5 N–H and O–H groups in total. The minimum atomic E-state index is -0.169. The normalized spacial score (nSPS) is 18.0. The second-order valence-electron chi connectivity index (χ2n) is 11.6. The Hall–Kier alpha value is -4.31. The van der Waals surface area contributed by atoms with E-state index in [0.29, 0.717) is 29.6 Å². The van der Waals surface area contributed by atoms with Gasteiger partial charge in [0.25, 0.3) is 11.8 Å². The zero-order valence-electron chi connectivity index (χ0n) is 25.8. The van der Waals surface area contributed by atoms with E-state index in [1.54, 1.807) is 30.5 Å². The molecule has 244 valence electrons. The number of benzene rings is 3. The summed E-state index contributed by atoms with van der Waals surface area (Å²) < 4.78 is 5.60. The summed E-state index contributed by atoms with van der Waals surface area (Å²) >= 11 is 0. The molecule has 9 heteroatoms. The molecule has 3 atom stereocenters. The van der Waals surface area contributed by atoms with Crippen molar-refractivity contribution >= 4 is 11.8 Å². The number of oxazole rings is 1. The number of hydrogen-bond acceptors (Lipinski definition) is 6. The maximum Gasteiger partial charge on any atom is 0.254 e. The van der Waals surface area contributed by atoms with Crippen molar-refractivity contribution in [2.24, 2.45) is 0 Å². The van der Waals surface area contributed by atoms with E-state index in [2.05, 4.69) is 27.8 Å². The molecule has 2 aliphatic rings. The van der Waals surface area contributed by atoms with Crippen LogP contribution in [0.5, 0.6) is 0 Å². The molecule has 3 heterocycles. The maximum atomic E-state index is 13.4. The molecule has 6 rings (SSSR count). The fourth-order valence-electron chi connectivity index (χ4n) is 6.00. The number of hydrogen-bond donors (Lipinski definition) is 3. The van der Waals surface area contributed by atoms with Gasteiger partial charge in [-0.1, -0.05) is 66.7 Å². The van der Waals surface area contributed by atoms with Crippen LogP contribution in [0.3, 0.4) is 0 Å². The number of aryl methyl sites for hydroxylation is 1. The Morgan fingerprint density at radius 2 is 1.71 bits per heavy atom. The first kappa shape index (κ1) is 33.6. The highest BCUT2D eigenvalue weighted by atomic mass is 16.3. The predicted molar refractivity (Wildman–Crippen MR) is 180 cm³/mol. The lowest BCUT2D eigenvalue weighted by Gasteiger charge is -2.24. The van der Waals surface area contributed by atoms with Crippen LogP contribution in [0, 0.1) is 6.92 Å². The molecular formula is C36H50N4O5. The Kier molecular flexibility index (Phi) is 12.4. The second-order valence-corrected chi connectivity index (χ2v) is 11.6. The van der Waals surface area contributed by atoms with Crippen molar-refractivity contribution in [3.63, 3.8) is 0 Å². The summed E-state index contributed by atoms with van der Waals surface area (Å²) in [5, 5.41) is 15.3. The van der Waals surface area contributed by atoms with Gasteiger partial charge in [-0.15, -0.1) is 0 Å². The molecule has 1 aromatic heterocycles. The Morgan fingerprint density at radius 1 is 1.00 bits per heavy atom. The van der Waals surface area contributed by atoms with Gasteiger partial charge in [-0.3, -0.25) is 9.59 Å². The van der Waals surface area contributed by atoms with Crippen molar-refractivity contribution in [2.45, 2.75) is 70.2 Å². The number of aliphatic hydroxyl groups excluding tert-OH is 1. The smallest absolute Gasteiger partial charge is 0.254 e. The van der Waals surface area contributed by atoms with Crippen LogP contribution in [-0.2, 0) is 13.0 Å². The maximum absolute atomic E-state index is 13.4. The number of nitrogens with one attached hydrogen (secondary N) is 2. The zero-order valence-corrected chi connectivity index (χ0v) is 25.8.